The summed E-state index contributed by atoms with van der Waals surface area (Å²) in [6.45, 7) is 8.34. The van der Waals surface area contributed by atoms with E-state index in [1.807, 2.05) is 6.20 Å². The Hall–Kier alpha value is -0.840. The summed E-state index contributed by atoms with van der Waals surface area (Å²) in [5.41, 5.74) is 1.41. The van der Waals surface area contributed by atoms with E-state index in [2.05, 4.69) is 39.4 Å². The lowest BCUT2D eigenvalue weighted by molar-refractivity contribution is 0.222. The number of nitrogens with zero attached hydrogens (tertiary/aromatic N) is 2. The van der Waals surface area contributed by atoms with Crippen LogP contribution in [0.5, 0.6) is 0 Å². The van der Waals surface area contributed by atoms with Crippen LogP contribution in [0.15, 0.2) is 18.5 Å². The van der Waals surface area contributed by atoms with Gasteiger partial charge in [-0.2, -0.15) is 0 Å². The number of aromatic amines is 1. The average Bonchev–Trinajstić information content (AvgIpc) is 2.91. The van der Waals surface area contributed by atoms with E-state index >= 15 is 0 Å². The van der Waals surface area contributed by atoms with E-state index in [4.69, 9.17) is 0 Å². The number of H-pyrrole nitrogens is 1. The van der Waals surface area contributed by atoms with Crippen molar-refractivity contribution in [3.05, 3.63) is 24.0 Å². The molecule has 0 aromatic carbocycles. The summed E-state index contributed by atoms with van der Waals surface area (Å²) in [6, 6.07) is 2.16. The van der Waals surface area contributed by atoms with E-state index in [9.17, 15) is 0 Å². The first-order chi connectivity index (χ1) is 8.84. The molecule has 0 amide bonds. The summed E-state index contributed by atoms with van der Waals surface area (Å²) in [5, 5.41) is 3.39. The van der Waals surface area contributed by atoms with Crippen LogP contribution >= 0.6 is 0 Å². The number of nitrogens with one attached hydrogen (secondary N) is 2. The Morgan fingerprint density at radius 1 is 1.28 bits per heavy atom. The van der Waals surface area contributed by atoms with E-state index in [1.165, 1.54) is 38.2 Å². The molecule has 1 aliphatic heterocycles. The van der Waals surface area contributed by atoms with Gasteiger partial charge in [-0.25, -0.2) is 0 Å². The predicted molar refractivity (Wildman–Crippen MR) is 75.9 cm³/mol. The Morgan fingerprint density at radius 3 is 2.83 bits per heavy atom. The van der Waals surface area contributed by atoms with Crippen LogP contribution in [0.1, 0.15) is 12.0 Å². The maximum absolute atomic E-state index is 3.39. The van der Waals surface area contributed by atoms with Gasteiger partial charge in [-0.3, -0.25) is 0 Å². The second-order valence-corrected chi connectivity index (χ2v) is 5.22. The van der Waals surface area contributed by atoms with Gasteiger partial charge in [-0.15, -0.1) is 0 Å². The van der Waals surface area contributed by atoms with Crippen molar-refractivity contribution < 1.29 is 0 Å². The molecule has 0 aliphatic carbocycles. The Balaban J connectivity index is 1.52. The summed E-state index contributed by atoms with van der Waals surface area (Å²) in [4.78, 5) is 8.11. The third-order valence-electron chi connectivity index (χ3n) is 3.67. The molecule has 18 heavy (non-hydrogen) atoms. The van der Waals surface area contributed by atoms with Crippen LogP contribution in [0.2, 0.25) is 0 Å². The zero-order valence-corrected chi connectivity index (χ0v) is 11.5. The van der Waals surface area contributed by atoms with Crippen LogP contribution < -0.4 is 5.32 Å². The Kier molecular flexibility index (Phi) is 5.71. The fourth-order valence-corrected chi connectivity index (χ4v) is 2.44. The lowest BCUT2D eigenvalue weighted by Crippen LogP contribution is -2.44. The van der Waals surface area contributed by atoms with E-state index < -0.39 is 0 Å². The highest BCUT2D eigenvalue weighted by Crippen LogP contribution is 2.00. The molecule has 0 radical (unpaired) electrons. The number of likely N-dealkylation sites (N-methyl/N-ethyl adjacent to an activating group) is 1. The van der Waals surface area contributed by atoms with Crippen molar-refractivity contribution >= 4 is 0 Å². The monoisotopic (exact) mass is 250 g/mol. The normalized spacial score (nSPS) is 17.4. The number of hydrogen-bond donors (Lipinski definition) is 2. The van der Waals surface area contributed by atoms with Crippen LogP contribution in [0.3, 0.4) is 0 Å². The molecule has 2 rings (SSSR count). The average molecular weight is 250 g/mol. The minimum Gasteiger partial charge on any atom is -0.367 e. The first-order valence-corrected chi connectivity index (χ1v) is 7.08. The van der Waals surface area contributed by atoms with Gasteiger partial charge in [0.2, 0.25) is 0 Å². The summed E-state index contributed by atoms with van der Waals surface area (Å²) >= 11 is 0. The highest BCUT2D eigenvalue weighted by molar-refractivity contribution is 5.08. The topological polar surface area (TPSA) is 34.3 Å². The van der Waals surface area contributed by atoms with Crippen molar-refractivity contribution in [3.8, 4) is 0 Å². The standard InChI is InChI=1S/C14H26N4/c1-17(10-4-14-3-5-16-13-14)8-2-9-18-11-6-15-7-12-18/h3,5,13,15-16H,2,4,6-12H2,1H3. The smallest absolute Gasteiger partial charge is 0.0107 e. The van der Waals surface area contributed by atoms with Crippen LogP contribution in [0, 0.1) is 0 Å². The molecule has 2 heterocycles. The van der Waals surface area contributed by atoms with Crippen molar-refractivity contribution in [2.75, 3.05) is 52.9 Å². The third-order valence-corrected chi connectivity index (χ3v) is 3.67. The van der Waals surface area contributed by atoms with Crippen molar-refractivity contribution in [2.45, 2.75) is 12.8 Å². The predicted octanol–water partition coefficient (Wildman–Crippen LogP) is 0.784. The van der Waals surface area contributed by atoms with Gasteiger partial charge in [0.05, 0.1) is 0 Å². The molecule has 1 aliphatic rings. The Morgan fingerprint density at radius 2 is 2.11 bits per heavy atom. The van der Waals surface area contributed by atoms with E-state index in [0.717, 1.165) is 26.1 Å². The van der Waals surface area contributed by atoms with Gasteiger partial charge in [0, 0.05) is 45.1 Å². The lowest BCUT2D eigenvalue weighted by atomic mass is 10.2. The fraction of sp³-hybridized carbons (Fsp3) is 0.714. The molecule has 0 spiro atoms. The molecule has 4 heteroatoms. The van der Waals surface area contributed by atoms with Gasteiger partial charge in [0.25, 0.3) is 0 Å². The summed E-state index contributed by atoms with van der Waals surface area (Å²) in [5.74, 6) is 0. The van der Waals surface area contributed by atoms with Crippen LogP contribution in [0.4, 0.5) is 0 Å². The summed E-state index contributed by atoms with van der Waals surface area (Å²) in [7, 11) is 2.23. The molecule has 1 saturated heterocycles. The van der Waals surface area contributed by atoms with Gasteiger partial charge in [0.15, 0.2) is 0 Å². The van der Waals surface area contributed by atoms with E-state index in [-0.39, 0.29) is 0 Å². The minimum absolute atomic E-state index is 1.15. The second kappa shape index (κ2) is 7.56. The second-order valence-electron chi connectivity index (χ2n) is 5.22. The summed E-state index contributed by atoms with van der Waals surface area (Å²) < 4.78 is 0. The number of rotatable bonds is 7. The third kappa shape index (κ3) is 4.80. The number of piperazine rings is 1. The molecular formula is C14H26N4. The summed E-state index contributed by atoms with van der Waals surface area (Å²) in [6.07, 6.45) is 6.52. The van der Waals surface area contributed by atoms with E-state index in [0.29, 0.717) is 0 Å². The van der Waals surface area contributed by atoms with Crippen molar-refractivity contribution in [2.24, 2.45) is 0 Å². The van der Waals surface area contributed by atoms with Gasteiger partial charge >= 0.3 is 0 Å². The molecule has 4 nitrogen and oxygen atoms in total. The maximum atomic E-state index is 3.39. The molecular weight excluding hydrogens is 224 g/mol. The Labute approximate surface area is 110 Å². The van der Waals surface area contributed by atoms with Crippen molar-refractivity contribution in [3.63, 3.8) is 0 Å². The highest BCUT2D eigenvalue weighted by atomic mass is 15.2. The number of hydrogen-bond acceptors (Lipinski definition) is 3. The molecule has 0 bridgehead atoms. The van der Waals surface area contributed by atoms with Crippen LogP contribution in [-0.2, 0) is 6.42 Å². The first kappa shape index (κ1) is 13.6. The zero-order valence-electron chi connectivity index (χ0n) is 11.5. The molecule has 2 N–H and O–H groups in total. The van der Waals surface area contributed by atoms with Crippen LogP contribution in [-0.4, -0.2) is 67.6 Å². The Bertz CT molecular complexity index is 304. The maximum Gasteiger partial charge on any atom is 0.0107 e. The largest absolute Gasteiger partial charge is 0.367 e. The molecule has 1 aromatic rings. The lowest BCUT2D eigenvalue weighted by Gasteiger charge is -2.27. The van der Waals surface area contributed by atoms with Crippen molar-refractivity contribution in [1.29, 1.82) is 0 Å². The zero-order chi connectivity index (χ0) is 12.6. The van der Waals surface area contributed by atoms with Gasteiger partial charge in [-0.1, -0.05) is 0 Å². The molecule has 0 unspecified atom stereocenters. The first-order valence-electron chi connectivity index (χ1n) is 7.08. The number of aromatic nitrogens is 1. The van der Waals surface area contributed by atoms with Gasteiger partial charge < -0.3 is 20.1 Å². The molecule has 102 valence electrons. The SMILES string of the molecule is CN(CCCN1CCNCC1)CCc1cc[nH]c1. The van der Waals surface area contributed by atoms with Crippen molar-refractivity contribution in [1.82, 2.24) is 20.1 Å². The fourth-order valence-electron chi connectivity index (χ4n) is 2.44. The quantitative estimate of drug-likeness (QED) is 0.751. The highest BCUT2D eigenvalue weighted by Gasteiger charge is 2.08. The van der Waals surface area contributed by atoms with E-state index in [1.54, 1.807) is 0 Å². The molecule has 0 atom stereocenters. The molecule has 1 fully saturated rings. The van der Waals surface area contributed by atoms with Gasteiger partial charge in [0.1, 0.15) is 0 Å². The van der Waals surface area contributed by atoms with Gasteiger partial charge in [-0.05, 0) is 44.6 Å². The molecule has 0 saturated carbocycles. The molecule has 1 aromatic heterocycles. The van der Waals surface area contributed by atoms with Crippen LogP contribution in [0.25, 0.3) is 0 Å². The minimum atomic E-state index is 1.15.